The zero-order valence-corrected chi connectivity index (χ0v) is 17.4. The molecule has 2 nitrogen and oxygen atoms in total. The van der Waals surface area contributed by atoms with Gasteiger partial charge in [-0.3, -0.25) is 0 Å². The minimum absolute atomic E-state index is 0.241. The van der Waals surface area contributed by atoms with Crippen LogP contribution >= 0.6 is 0 Å². The van der Waals surface area contributed by atoms with Crippen LogP contribution in [0.2, 0.25) is 0 Å². The maximum absolute atomic E-state index is 14.7. The second-order valence-electron chi connectivity index (χ2n) is 7.37. The highest BCUT2D eigenvalue weighted by Crippen LogP contribution is 2.38. The van der Waals surface area contributed by atoms with Crippen molar-refractivity contribution in [2.45, 2.75) is 6.11 Å². The second-order valence-corrected chi connectivity index (χ2v) is 7.37. The summed E-state index contributed by atoms with van der Waals surface area (Å²) in [6.45, 7) is 0. The van der Waals surface area contributed by atoms with Gasteiger partial charge < -0.3 is 4.74 Å². The Balaban J connectivity index is 1.68. The molecule has 0 aromatic heterocycles. The van der Waals surface area contributed by atoms with E-state index >= 15 is 0 Å². The van der Waals surface area contributed by atoms with Gasteiger partial charge in [0.05, 0.1) is 0 Å². The minimum Gasteiger partial charge on any atom is -0.429 e. The van der Waals surface area contributed by atoms with Crippen molar-refractivity contribution in [3.05, 3.63) is 113 Å². The lowest BCUT2D eigenvalue weighted by Crippen LogP contribution is -2.25. The van der Waals surface area contributed by atoms with Gasteiger partial charge in [-0.2, -0.15) is 14.0 Å². The smallest absolute Gasteiger partial charge is 0.429 e. The van der Waals surface area contributed by atoms with Crippen LogP contribution in [0.25, 0.3) is 22.3 Å². The standard InChI is InChI=1S/C26H12F7NO/c27-20-8-15(14-4-2-1-3-5-14)6-7-18(20)16-9-23(30)25(24(31)10-16)26(32,33)35-17-11-21(28)19(13-34)22(29)12-17/h1-12H. The lowest BCUT2D eigenvalue weighted by molar-refractivity contribution is -0.189. The Bertz CT molecular complexity index is 1420. The third kappa shape index (κ3) is 4.68. The summed E-state index contributed by atoms with van der Waals surface area (Å²) in [5, 5.41) is 8.64. The Morgan fingerprint density at radius 2 is 1.20 bits per heavy atom. The SMILES string of the molecule is N#Cc1c(F)cc(OC(F)(F)c2c(F)cc(-c3ccc(-c4ccccc4)cc3F)cc2F)cc1F. The van der Waals surface area contributed by atoms with E-state index in [1.165, 1.54) is 18.2 Å². The molecule has 0 fully saturated rings. The van der Waals surface area contributed by atoms with Gasteiger partial charge in [0.1, 0.15) is 52.0 Å². The van der Waals surface area contributed by atoms with Crippen LogP contribution in [0.3, 0.4) is 0 Å². The number of nitriles is 1. The molecule has 4 rings (SSSR count). The van der Waals surface area contributed by atoms with Crippen LogP contribution < -0.4 is 4.74 Å². The number of benzene rings is 4. The number of alkyl halides is 2. The van der Waals surface area contributed by atoms with E-state index in [0.29, 0.717) is 23.3 Å². The van der Waals surface area contributed by atoms with E-state index in [2.05, 4.69) is 4.74 Å². The summed E-state index contributed by atoms with van der Waals surface area (Å²) < 4.78 is 105. The molecule has 0 radical (unpaired) electrons. The molecular weight excluding hydrogens is 475 g/mol. The molecule has 0 bridgehead atoms. The molecule has 0 heterocycles. The maximum atomic E-state index is 14.7. The van der Waals surface area contributed by atoms with Gasteiger partial charge in [-0.25, -0.2) is 22.0 Å². The fourth-order valence-electron chi connectivity index (χ4n) is 3.48. The maximum Gasteiger partial charge on any atom is 0.432 e. The molecule has 4 aromatic rings. The number of nitrogens with zero attached hydrogens (tertiary/aromatic N) is 1. The molecule has 0 saturated carbocycles. The van der Waals surface area contributed by atoms with Crippen LogP contribution in [0.15, 0.2) is 72.8 Å². The van der Waals surface area contributed by atoms with Crippen LogP contribution in [0, 0.1) is 40.4 Å². The fraction of sp³-hybridized carbons (Fsp3) is 0.0385. The summed E-state index contributed by atoms with van der Waals surface area (Å²) in [5.41, 5.74) is -2.29. The van der Waals surface area contributed by atoms with Gasteiger partial charge in [0.25, 0.3) is 0 Å². The molecule has 9 heteroatoms. The van der Waals surface area contributed by atoms with E-state index in [1.807, 2.05) is 0 Å². The van der Waals surface area contributed by atoms with Crippen molar-refractivity contribution in [3.63, 3.8) is 0 Å². The van der Waals surface area contributed by atoms with Gasteiger partial charge in [0, 0.05) is 17.7 Å². The van der Waals surface area contributed by atoms with Crippen molar-refractivity contribution in [1.29, 1.82) is 5.26 Å². The number of hydrogen-bond donors (Lipinski definition) is 0. The van der Waals surface area contributed by atoms with Crippen molar-refractivity contribution in [2.75, 3.05) is 0 Å². The van der Waals surface area contributed by atoms with Gasteiger partial charge >= 0.3 is 6.11 Å². The van der Waals surface area contributed by atoms with Crippen molar-refractivity contribution in [1.82, 2.24) is 0 Å². The monoisotopic (exact) mass is 487 g/mol. The van der Waals surface area contributed by atoms with E-state index in [1.54, 1.807) is 30.3 Å². The number of hydrogen-bond acceptors (Lipinski definition) is 2. The first-order valence-corrected chi connectivity index (χ1v) is 9.91. The predicted molar refractivity (Wildman–Crippen MR) is 113 cm³/mol. The van der Waals surface area contributed by atoms with Crippen LogP contribution in [0.1, 0.15) is 11.1 Å². The van der Waals surface area contributed by atoms with E-state index < -0.39 is 52.1 Å². The first-order chi connectivity index (χ1) is 16.6. The average Bonchev–Trinajstić information content (AvgIpc) is 2.78. The molecule has 0 aliphatic carbocycles. The molecule has 0 saturated heterocycles. The van der Waals surface area contributed by atoms with Crippen LogP contribution in [0.4, 0.5) is 30.7 Å². The molecule has 4 aromatic carbocycles. The topological polar surface area (TPSA) is 33.0 Å². The third-order valence-corrected chi connectivity index (χ3v) is 5.09. The Morgan fingerprint density at radius 3 is 1.74 bits per heavy atom. The van der Waals surface area contributed by atoms with Crippen molar-refractivity contribution >= 4 is 0 Å². The molecule has 0 spiro atoms. The van der Waals surface area contributed by atoms with Gasteiger partial charge in [-0.1, -0.05) is 42.5 Å². The minimum atomic E-state index is -4.70. The predicted octanol–water partition coefficient (Wildman–Crippen LogP) is 7.72. The van der Waals surface area contributed by atoms with Crippen LogP contribution in [-0.2, 0) is 6.11 Å². The largest absolute Gasteiger partial charge is 0.432 e. The number of ether oxygens (including phenoxy) is 1. The highest BCUT2D eigenvalue weighted by Gasteiger charge is 2.41. The van der Waals surface area contributed by atoms with Gasteiger partial charge in [0.2, 0.25) is 0 Å². The lowest BCUT2D eigenvalue weighted by atomic mass is 9.98. The van der Waals surface area contributed by atoms with Gasteiger partial charge in [0.15, 0.2) is 0 Å². The number of halogens is 7. The molecule has 0 atom stereocenters. The first kappa shape index (κ1) is 23.8. The zero-order valence-electron chi connectivity index (χ0n) is 17.4. The summed E-state index contributed by atoms with van der Waals surface area (Å²) in [6, 6.07) is 15.4. The quantitative estimate of drug-likeness (QED) is 0.270. The summed E-state index contributed by atoms with van der Waals surface area (Å²) in [4.78, 5) is 0. The van der Waals surface area contributed by atoms with Gasteiger partial charge in [-0.05, 0) is 34.9 Å². The normalized spacial score (nSPS) is 11.3. The van der Waals surface area contributed by atoms with E-state index in [9.17, 15) is 30.7 Å². The summed E-state index contributed by atoms with van der Waals surface area (Å²) in [7, 11) is 0. The molecule has 0 amide bonds. The average molecular weight is 487 g/mol. The third-order valence-electron chi connectivity index (χ3n) is 5.09. The van der Waals surface area contributed by atoms with Crippen molar-refractivity contribution < 1.29 is 35.5 Å². The highest BCUT2D eigenvalue weighted by molar-refractivity contribution is 5.71. The summed E-state index contributed by atoms with van der Waals surface area (Å²) >= 11 is 0. The molecule has 0 N–H and O–H groups in total. The zero-order chi connectivity index (χ0) is 25.3. The Hall–Kier alpha value is -4.32. The van der Waals surface area contributed by atoms with Gasteiger partial charge in [-0.15, -0.1) is 0 Å². The molecule has 0 aliphatic rings. The van der Waals surface area contributed by atoms with Crippen LogP contribution in [-0.4, -0.2) is 0 Å². The van der Waals surface area contributed by atoms with E-state index in [4.69, 9.17) is 5.26 Å². The molecule has 0 unspecified atom stereocenters. The molecular formula is C26H12F7NO. The second kappa shape index (κ2) is 9.14. The van der Waals surface area contributed by atoms with Crippen molar-refractivity contribution in [2.24, 2.45) is 0 Å². The molecule has 35 heavy (non-hydrogen) atoms. The molecule has 176 valence electrons. The summed E-state index contributed by atoms with van der Waals surface area (Å²) in [5.74, 6) is -8.48. The number of rotatable bonds is 5. The Labute approximate surface area is 194 Å². The van der Waals surface area contributed by atoms with E-state index in [-0.39, 0.29) is 23.3 Å². The van der Waals surface area contributed by atoms with Crippen molar-refractivity contribution in [3.8, 4) is 34.1 Å². The Kier molecular flexibility index (Phi) is 6.22. The lowest BCUT2D eigenvalue weighted by Gasteiger charge is -2.20. The molecule has 0 aliphatic heterocycles. The fourth-order valence-corrected chi connectivity index (χ4v) is 3.48. The highest BCUT2D eigenvalue weighted by atomic mass is 19.3. The first-order valence-electron chi connectivity index (χ1n) is 9.91. The Morgan fingerprint density at radius 1 is 0.629 bits per heavy atom. The van der Waals surface area contributed by atoms with E-state index in [0.717, 1.165) is 6.07 Å². The van der Waals surface area contributed by atoms with Crippen LogP contribution in [0.5, 0.6) is 5.75 Å². The summed E-state index contributed by atoms with van der Waals surface area (Å²) in [6.07, 6.45) is -4.70.